The van der Waals surface area contributed by atoms with E-state index in [0.29, 0.717) is 39.6 Å². The lowest BCUT2D eigenvalue weighted by Crippen LogP contribution is -2.67. The number of fused-ring (bicyclic) bond motifs is 7. The van der Waals surface area contributed by atoms with Crippen molar-refractivity contribution in [1.29, 1.82) is 0 Å². The molecule has 0 spiro atoms. The summed E-state index contributed by atoms with van der Waals surface area (Å²) in [4.78, 5) is 0. The Morgan fingerprint density at radius 1 is 0.696 bits per heavy atom. The Labute approximate surface area is 281 Å². The molecule has 2 heteroatoms. The Balaban J connectivity index is 1.13. The minimum Gasteiger partial charge on any atom is -0.376 e. The minimum absolute atomic E-state index is 0.190. The van der Waals surface area contributed by atoms with E-state index in [1.807, 2.05) is 0 Å². The van der Waals surface area contributed by atoms with Crippen molar-refractivity contribution in [3.8, 4) is 0 Å². The maximum Gasteiger partial charge on any atom is 0.0720 e. The van der Waals surface area contributed by atoms with Gasteiger partial charge in [-0.05, 0) is 139 Å². The van der Waals surface area contributed by atoms with Gasteiger partial charge in [0.15, 0.2) is 0 Å². The number of ether oxygens (including phenoxy) is 2. The third kappa shape index (κ3) is 5.01. The maximum atomic E-state index is 6.78. The van der Waals surface area contributed by atoms with Gasteiger partial charge in [0, 0.05) is 0 Å². The molecule has 0 heterocycles. The van der Waals surface area contributed by atoms with E-state index in [1.54, 1.807) is 0 Å². The molecule has 2 aromatic rings. The molecule has 0 bridgehead atoms. The average molecular weight is 623 g/mol. The monoisotopic (exact) mass is 622 g/mol. The summed E-state index contributed by atoms with van der Waals surface area (Å²) in [7, 11) is 0. The summed E-state index contributed by atoms with van der Waals surface area (Å²) in [5, 5.41) is 0. The van der Waals surface area contributed by atoms with Crippen LogP contribution in [-0.4, -0.2) is 12.7 Å². The quantitative estimate of drug-likeness (QED) is 0.273. The van der Waals surface area contributed by atoms with Gasteiger partial charge in [-0.1, -0.05) is 107 Å². The molecule has 0 radical (unpaired) electrons. The van der Waals surface area contributed by atoms with Crippen LogP contribution in [-0.2, 0) is 22.7 Å². The van der Waals surface area contributed by atoms with Crippen LogP contribution in [0.1, 0.15) is 117 Å². The first-order valence-electron chi connectivity index (χ1n) is 18.9. The van der Waals surface area contributed by atoms with Gasteiger partial charge in [0.1, 0.15) is 0 Å². The van der Waals surface area contributed by atoms with Crippen LogP contribution < -0.4 is 0 Å². The van der Waals surface area contributed by atoms with E-state index in [1.165, 1.54) is 80.9 Å². The molecule has 250 valence electrons. The predicted octanol–water partition coefficient (Wildman–Crippen LogP) is 11.4. The smallest absolute Gasteiger partial charge is 0.0720 e. The zero-order chi connectivity index (χ0) is 32.4. The first-order valence-corrected chi connectivity index (χ1v) is 18.9. The van der Waals surface area contributed by atoms with Crippen LogP contribution in [0.2, 0.25) is 0 Å². The molecular formula is C44H62O2. The number of allylic oxidation sites excluding steroid dienone is 1. The Kier molecular flexibility index (Phi) is 8.45. The molecule has 5 aliphatic carbocycles. The highest BCUT2D eigenvalue weighted by molar-refractivity contribution is 5.22. The third-order valence-corrected chi connectivity index (χ3v) is 16.0. The van der Waals surface area contributed by atoms with E-state index in [0.717, 1.165) is 37.6 Å². The van der Waals surface area contributed by atoms with Gasteiger partial charge < -0.3 is 9.47 Å². The predicted molar refractivity (Wildman–Crippen MR) is 190 cm³/mol. The van der Waals surface area contributed by atoms with Crippen LogP contribution in [0, 0.1) is 56.7 Å². The first-order chi connectivity index (χ1) is 21.9. The highest BCUT2D eigenvalue weighted by atomic mass is 16.5. The zero-order valence-corrected chi connectivity index (χ0v) is 30.0. The molecule has 0 saturated heterocycles. The lowest BCUT2D eigenvalue weighted by molar-refractivity contribution is -0.254. The molecule has 0 aromatic heterocycles. The van der Waals surface area contributed by atoms with Crippen molar-refractivity contribution < 1.29 is 9.47 Å². The van der Waals surface area contributed by atoms with Gasteiger partial charge in [0.25, 0.3) is 0 Å². The normalized spacial score (nSPS) is 42.7. The van der Waals surface area contributed by atoms with Crippen LogP contribution in [0.25, 0.3) is 0 Å². The van der Waals surface area contributed by atoms with Gasteiger partial charge in [-0.25, -0.2) is 0 Å². The van der Waals surface area contributed by atoms with Crippen LogP contribution in [0.4, 0.5) is 0 Å². The largest absolute Gasteiger partial charge is 0.376 e. The highest BCUT2D eigenvalue weighted by Crippen LogP contribution is 2.77. The summed E-state index contributed by atoms with van der Waals surface area (Å²) >= 11 is 0. The molecule has 5 saturated carbocycles. The number of hydrogen-bond acceptors (Lipinski definition) is 2. The Bertz CT molecular complexity index is 1380. The van der Waals surface area contributed by atoms with Gasteiger partial charge in [0.2, 0.25) is 0 Å². The molecule has 0 amide bonds. The SMILES string of the molecule is C=C(C)[C@@H]1CC[C@]2(COCc3ccccc3)CC[C@]3(C)[C@H](CC[C@@H]4[C@@]5(C)CC[C@H](OCc6ccccc6)C(C)(C)[C@@H]5CC[C@]43C)[C@@H]12. The molecule has 0 N–H and O–H groups in total. The van der Waals surface area contributed by atoms with E-state index < -0.39 is 0 Å². The van der Waals surface area contributed by atoms with Gasteiger partial charge in [-0.3, -0.25) is 0 Å². The lowest BCUT2D eigenvalue weighted by Gasteiger charge is -2.73. The number of hydrogen-bond donors (Lipinski definition) is 0. The second-order valence-electron chi connectivity index (χ2n) is 18.2. The van der Waals surface area contributed by atoms with Crippen molar-refractivity contribution in [2.75, 3.05) is 6.61 Å². The molecule has 0 unspecified atom stereocenters. The molecule has 2 nitrogen and oxygen atoms in total. The summed E-state index contributed by atoms with van der Waals surface area (Å²) in [6.45, 7) is 22.7. The molecule has 7 rings (SSSR count). The molecule has 0 aliphatic heterocycles. The van der Waals surface area contributed by atoms with Crippen molar-refractivity contribution >= 4 is 0 Å². The van der Waals surface area contributed by atoms with E-state index in [-0.39, 0.29) is 5.41 Å². The summed E-state index contributed by atoms with van der Waals surface area (Å²) in [6, 6.07) is 21.6. The van der Waals surface area contributed by atoms with Crippen molar-refractivity contribution in [2.24, 2.45) is 56.7 Å². The third-order valence-electron chi connectivity index (χ3n) is 16.0. The van der Waals surface area contributed by atoms with Crippen LogP contribution in [0.15, 0.2) is 72.8 Å². The van der Waals surface area contributed by atoms with Gasteiger partial charge >= 0.3 is 0 Å². The Morgan fingerprint density at radius 2 is 1.37 bits per heavy atom. The lowest BCUT2D eigenvalue weighted by atomic mass is 9.32. The van der Waals surface area contributed by atoms with Gasteiger partial charge in [0.05, 0.1) is 25.9 Å². The maximum absolute atomic E-state index is 6.78. The van der Waals surface area contributed by atoms with E-state index in [4.69, 9.17) is 9.47 Å². The standard InChI is InChI=1S/C44H62O2/c1-31(2)34-20-25-44(30-45-28-32-14-10-8-11-15-32)27-26-42(6)35(39(34)44)18-19-37-41(5)23-22-38(46-29-33-16-12-9-13-17-33)40(3,4)36(41)21-24-43(37,42)7/h8-17,34-39H,1,18-30H2,2-7H3/t34-,35+,36-,37+,38-,39+,41-,42+,43+,44+/m0/s1. The van der Waals surface area contributed by atoms with Crippen molar-refractivity contribution in [3.05, 3.63) is 83.9 Å². The summed E-state index contributed by atoms with van der Waals surface area (Å²) in [5.74, 6) is 3.64. The highest BCUT2D eigenvalue weighted by Gasteiger charge is 2.71. The fraction of sp³-hybridized carbons (Fsp3) is 0.682. The molecular weight excluding hydrogens is 560 g/mol. The van der Waals surface area contributed by atoms with E-state index in [2.05, 4.69) is 109 Å². The average Bonchev–Trinajstić information content (AvgIpc) is 3.42. The van der Waals surface area contributed by atoms with Crippen molar-refractivity contribution in [3.63, 3.8) is 0 Å². The number of benzene rings is 2. The van der Waals surface area contributed by atoms with Crippen molar-refractivity contribution in [2.45, 2.75) is 125 Å². The second kappa shape index (κ2) is 11.9. The summed E-state index contributed by atoms with van der Waals surface area (Å²) in [6.07, 6.45) is 13.7. The van der Waals surface area contributed by atoms with E-state index >= 15 is 0 Å². The summed E-state index contributed by atoms with van der Waals surface area (Å²) < 4.78 is 13.4. The van der Waals surface area contributed by atoms with Crippen LogP contribution in [0.3, 0.4) is 0 Å². The molecule has 2 aromatic carbocycles. The van der Waals surface area contributed by atoms with E-state index in [9.17, 15) is 0 Å². The van der Waals surface area contributed by atoms with Crippen LogP contribution >= 0.6 is 0 Å². The topological polar surface area (TPSA) is 18.5 Å². The summed E-state index contributed by atoms with van der Waals surface area (Å²) in [5.41, 5.74) is 5.66. The minimum atomic E-state index is 0.190. The molecule has 5 fully saturated rings. The Morgan fingerprint density at radius 3 is 2.04 bits per heavy atom. The van der Waals surface area contributed by atoms with Crippen LogP contribution in [0.5, 0.6) is 0 Å². The molecule has 5 aliphatic rings. The fourth-order valence-electron chi connectivity index (χ4n) is 13.5. The van der Waals surface area contributed by atoms with Gasteiger partial charge in [-0.15, -0.1) is 0 Å². The van der Waals surface area contributed by atoms with Gasteiger partial charge in [-0.2, -0.15) is 0 Å². The second-order valence-corrected chi connectivity index (χ2v) is 18.2. The molecule has 46 heavy (non-hydrogen) atoms. The first kappa shape index (κ1) is 32.6. The van der Waals surface area contributed by atoms with Crippen molar-refractivity contribution in [1.82, 2.24) is 0 Å². The Hall–Kier alpha value is -1.90. The zero-order valence-electron chi connectivity index (χ0n) is 30.0. The fourth-order valence-corrected chi connectivity index (χ4v) is 13.5. The number of rotatable bonds is 8. The molecule has 10 atom stereocenters.